The van der Waals surface area contributed by atoms with Crippen LogP contribution in [0.15, 0.2) is 10.3 Å². The predicted molar refractivity (Wildman–Crippen MR) is 81.6 cm³/mol. The van der Waals surface area contributed by atoms with Gasteiger partial charge < -0.3 is 5.43 Å². The van der Waals surface area contributed by atoms with Crippen LogP contribution < -0.4 is 16.0 Å². The summed E-state index contributed by atoms with van der Waals surface area (Å²) in [4.78, 5) is 10.1. The third-order valence-corrected chi connectivity index (χ3v) is 6.04. The van der Waals surface area contributed by atoms with Crippen LogP contribution in [0.1, 0.15) is 12.8 Å². The molecule has 8 nitrogen and oxygen atoms in total. The summed E-state index contributed by atoms with van der Waals surface area (Å²) in [7, 11) is -3.73. The van der Waals surface area contributed by atoms with E-state index in [-0.39, 0.29) is 14.9 Å². The van der Waals surface area contributed by atoms with E-state index in [0.717, 1.165) is 36.0 Å². The molecule has 0 aliphatic heterocycles. The molecule has 11 heteroatoms. The molecule has 0 unspecified atom stereocenters. The number of hydrogen-bond donors (Lipinski definition) is 3. The van der Waals surface area contributed by atoms with Crippen molar-refractivity contribution < 1.29 is 13.3 Å². The average molecular weight is 340 g/mol. The van der Waals surface area contributed by atoms with Crippen molar-refractivity contribution >= 4 is 43.8 Å². The summed E-state index contributed by atoms with van der Waals surface area (Å²) in [5, 5.41) is 10.8. The van der Waals surface area contributed by atoms with Crippen LogP contribution in [0.5, 0.6) is 0 Å². The molecule has 0 amide bonds. The molecule has 0 saturated carbocycles. The number of unbranched alkanes of at least 4 members (excludes halogenated alkanes) is 1. The summed E-state index contributed by atoms with van der Waals surface area (Å²) in [6, 6.07) is 1.00. The van der Waals surface area contributed by atoms with E-state index in [0.29, 0.717) is 6.54 Å². The molecule has 1 rings (SSSR count). The van der Waals surface area contributed by atoms with E-state index >= 15 is 0 Å². The summed E-state index contributed by atoms with van der Waals surface area (Å²) in [5.41, 5.74) is 1.79. The Morgan fingerprint density at radius 2 is 2.20 bits per heavy atom. The fourth-order valence-electron chi connectivity index (χ4n) is 1.38. The zero-order valence-electron chi connectivity index (χ0n) is 10.8. The minimum atomic E-state index is -3.73. The summed E-state index contributed by atoms with van der Waals surface area (Å²) < 4.78 is 26.2. The third kappa shape index (κ3) is 4.59. The maximum atomic E-state index is 12.0. The Balaban J connectivity index is 2.75. The minimum absolute atomic E-state index is 0.0118. The Morgan fingerprint density at radius 3 is 2.70 bits per heavy atom. The normalized spacial score (nSPS) is 11.5. The van der Waals surface area contributed by atoms with Gasteiger partial charge in [-0.05, 0) is 24.9 Å². The molecule has 20 heavy (non-hydrogen) atoms. The van der Waals surface area contributed by atoms with Crippen LogP contribution in [0, 0.1) is 10.1 Å². The topological polar surface area (TPSA) is 127 Å². The Morgan fingerprint density at radius 1 is 1.50 bits per heavy atom. The zero-order chi connectivity index (χ0) is 15.2. The second-order valence-corrected chi connectivity index (χ2v) is 7.81. The van der Waals surface area contributed by atoms with Crippen molar-refractivity contribution in [1.82, 2.24) is 4.72 Å². The van der Waals surface area contributed by atoms with Gasteiger partial charge >= 0.3 is 5.69 Å². The van der Waals surface area contributed by atoms with Gasteiger partial charge in [-0.3, -0.25) is 10.1 Å². The molecule has 0 saturated heterocycles. The van der Waals surface area contributed by atoms with Crippen LogP contribution in [0.2, 0.25) is 0 Å². The van der Waals surface area contributed by atoms with Gasteiger partial charge in [0, 0.05) is 12.6 Å². The highest BCUT2D eigenvalue weighted by molar-refractivity contribution is 7.98. The highest BCUT2D eigenvalue weighted by atomic mass is 32.2. The second-order valence-electron chi connectivity index (χ2n) is 3.78. The van der Waals surface area contributed by atoms with Crippen LogP contribution in [0.4, 0.5) is 10.7 Å². The molecular formula is C9H16N4O4S3. The van der Waals surface area contributed by atoms with E-state index in [1.165, 1.54) is 0 Å². The first-order valence-electron chi connectivity index (χ1n) is 5.66. The molecule has 0 fully saturated rings. The minimum Gasteiger partial charge on any atom is -0.310 e. The number of thioether (sulfide) groups is 1. The number of hydrogen-bond acceptors (Lipinski definition) is 8. The van der Waals surface area contributed by atoms with Crippen LogP contribution in [-0.2, 0) is 10.0 Å². The number of nitrogen functional groups attached to an aromatic ring is 1. The molecule has 0 aliphatic rings. The van der Waals surface area contributed by atoms with Crippen molar-refractivity contribution in [3.8, 4) is 0 Å². The number of thiophene rings is 1. The van der Waals surface area contributed by atoms with Gasteiger partial charge in [0.25, 0.3) is 0 Å². The van der Waals surface area contributed by atoms with Gasteiger partial charge in [0.05, 0.1) is 4.92 Å². The average Bonchev–Trinajstić information content (AvgIpc) is 2.83. The zero-order valence-corrected chi connectivity index (χ0v) is 13.2. The van der Waals surface area contributed by atoms with Crippen molar-refractivity contribution in [2.45, 2.75) is 17.1 Å². The van der Waals surface area contributed by atoms with Crippen molar-refractivity contribution in [1.29, 1.82) is 0 Å². The van der Waals surface area contributed by atoms with E-state index in [1.807, 2.05) is 6.26 Å². The van der Waals surface area contributed by atoms with E-state index in [9.17, 15) is 18.5 Å². The molecule has 1 aromatic rings. The number of rotatable bonds is 9. The quantitative estimate of drug-likeness (QED) is 0.268. The van der Waals surface area contributed by atoms with E-state index < -0.39 is 14.9 Å². The van der Waals surface area contributed by atoms with Crippen molar-refractivity contribution in [3.63, 3.8) is 0 Å². The largest absolute Gasteiger partial charge is 0.310 e. The fourth-order valence-corrected chi connectivity index (χ4v) is 4.23. The smallest absolute Gasteiger partial charge is 0.306 e. The highest BCUT2D eigenvalue weighted by Crippen LogP contribution is 2.36. The molecule has 1 heterocycles. The summed E-state index contributed by atoms with van der Waals surface area (Å²) in [6.07, 6.45) is 3.61. The Labute approximate surface area is 125 Å². The number of nitro groups is 1. The molecule has 4 N–H and O–H groups in total. The molecule has 0 bridgehead atoms. The van der Waals surface area contributed by atoms with E-state index in [1.54, 1.807) is 11.8 Å². The second kappa shape index (κ2) is 7.78. The molecule has 1 aromatic heterocycles. The summed E-state index contributed by atoms with van der Waals surface area (Å²) in [6.45, 7) is 0.306. The molecular weight excluding hydrogens is 324 g/mol. The number of nitrogens with zero attached hydrogens (tertiary/aromatic N) is 1. The lowest BCUT2D eigenvalue weighted by atomic mass is 10.3. The molecule has 0 radical (unpaired) electrons. The monoisotopic (exact) mass is 340 g/mol. The Hall–Kier alpha value is -0.880. The Bertz CT molecular complexity index is 558. The first-order chi connectivity index (χ1) is 9.42. The van der Waals surface area contributed by atoms with Crippen molar-refractivity contribution in [3.05, 3.63) is 16.2 Å². The Kier molecular flexibility index (Phi) is 6.68. The van der Waals surface area contributed by atoms with Gasteiger partial charge in [0.2, 0.25) is 10.0 Å². The molecule has 0 aromatic carbocycles. The van der Waals surface area contributed by atoms with Gasteiger partial charge in [-0.25, -0.2) is 19.0 Å². The number of sulfonamides is 1. The maximum absolute atomic E-state index is 12.0. The van der Waals surface area contributed by atoms with Crippen LogP contribution in [-0.4, -0.2) is 31.9 Å². The van der Waals surface area contributed by atoms with Gasteiger partial charge in [-0.15, -0.1) is 0 Å². The van der Waals surface area contributed by atoms with Gasteiger partial charge in [0.1, 0.15) is 4.21 Å². The first-order valence-corrected chi connectivity index (χ1v) is 9.35. The van der Waals surface area contributed by atoms with Crippen molar-refractivity contribution in [2.24, 2.45) is 5.84 Å². The molecule has 0 aliphatic carbocycles. The standard InChI is InChI=1S/C9H16N4O4S3/c1-18-5-3-2-4-11-20(16,17)8-6-7(13(14)15)9(12-10)19-8/h6,11-12H,2-5,10H2,1H3. The molecule has 0 spiro atoms. The number of anilines is 1. The van der Waals surface area contributed by atoms with E-state index in [4.69, 9.17) is 5.84 Å². The SMILES string of the molecule is CSCCCCNS(=O)(=O)c1cc([N+](=O)[O-])c(NN)s1. The van der Waals surface area contributed by atoms with Gasteiger partial charge in [0.15, 0.2) is 5.00 Å². The lowest BCUT2D eigenvalue weighted by molar-refractivity contribution is -0.383. The van der Waals surface area contributed by atoms with Crippen LogP contribution in [0.3, 0.4) is 0 Å². The van der Waals surface area contributed by atoms with Crippen molar-refractivity contribution in [2.75, 3.05) is 24.0 Å². The molecule has 114 valence electrons. The van der Waals surface area contributed by atoms with Gasteiger partial charge in [-0.1, -0.05) is 11.3 Å². The van der Waals surface area contributed by atoms with Crippen LogP contribution in [0.25, 0.3) is 0 Å². The number of hydrazine groups is 1. The third-order valence-electron chi connectivity index (χ3n) is 2.35. The summed E-state index contributed by atoms with van der Waals surface area (Å²) >= 11 is 2.43. The lowest BCUT2D eigenvalue weighted by Gasteiger charge is -2.03. The summed E-state index contributed by atoms with van der Waals surface area (Å²) in [5.74, 6) is 6.10. The first kappa shape index (κ1) is 17.2. The van der Waals surface area contributed by atoms with Gasteiger partial charge in [-0.2, -0.15) is 11.8 Å². The lowest BCUT2D eigenvalue weighted by Crippen LogP contribution is -2.24. The van der Waals surface area contributed by atoms with E-state index in [2.05, 4.69) is 10.1 Å². The fraction of sp³-hybridized carbons (Fsp3) is 0.556. The predicted octanol–water partition coefficient (Wildman–Crippen LogP) is 1.36. The highest BCUT2D eigenvalue weighted by Gasteiger charge is 2.25. The number of nitrogens with two attached hydrogens (primary N) is 1. The molecule has 0 atom stereocenters. The maximum Gasteiger partial charge on any atom is 0.306 e. The van der Waals surface area contributed by atoms with Crippen LogP contribution >= 0.6 is 23.1 Å². The number of nitrogens with one attached hydrogen (secondary N) is 2.